The molecule has 0 radical (unpaired) electrons. The molecule has 2 heterocycles. The van der Waals surface area contributed by atoms with Gasteiger partial charge in [0.15, 0.2) is 11.5 Å². The van der Waals surface area contributed by atoms with Crippen LogP contribution >= 0.6 is 0 Å². The minimum atomic E-state index is -0.409. The molecule has 192 valence electrons. The van der Waals surface area contributed by atoms with E-state index in [1.165, 1.54) is 0 Å². The van der Waals surface area contributed by atoms with E-state index < -0.39 is 5.92 Å². The quantitative estimate of drug-likeness (QED) is 0.609. The molecule has 0 aromatic heterocycles. The third-order valence-corrected chi connectivity index (χ3v) is 7.24. The van der Waals surface area contributed by atoms with Gasteiger partial charge < -0.3 is 24.6 Å². The summed E-state index contributed by atoms with van der Waals surface area (Å²) >= 11 is 0. The van der Waals surface area contributed by atoms with Crippen LogP contribution in [-0.2, 0) is 14.4 Å². The minimum Gasteiger partial charge on any atom is -0.493 e. The third-order valence-electron chi connectivity index (χ3n) is 7.24. The number of hydrogen-bond acceptors (Lipinski definition) is 5. The Morgan fingerprint density at radius 3 is 2.36 bits per heavy atom. The first-order valence-corrected chi connectivity index (χ1v) is 12.6. The first-order chi connectivity index (χ1) is 17.4. The highest BCUT2D eigenvalue weighted by Crippen LogP contribution is 2.34. The van der Waals surface area contributed by atoms with Crippen molar-refractivity contribution in [2.45, 2.75) is 44.6 Å². The van der Waals surface area contributed by atoms with E-state index in [4.69, 9.17) is 9.47 Å². The van der Waals surface area contributed by atoms with Crippen molar-refractivity contribution in [3.63, 3.8) is 0 Å². The Hall–Kier alpha value is -3.55. The van der Waals surface area contributed by atoms with Crippen molar-refractivity contribution in [1.82, 2.24) is 10.2 Å². The number of anilines is 1. The number of carbonyl (C=O) groups excluding carboxylic acids is 3. The molecule has 0 saturated carbocycles. The molecule has 2 unspecified atom stereocenters. The molecule has 2 aromatic carbocycles. The Kier molecular flexibility index (Phi) is 8.13. The zero-order valence-electron chi connectivity index (χ0n) is 21.2. The fourth-order valence-corrected chi connectivity index (χ4v) is 5.15. The molecule has 0 aliphatic carbocycles. The SMILES string of the molecule is CCC(C(=O)N1CCC(NC(=O)C2CC(=O)N(c3ccc(OC)c(OC)c3)C2)CC1)c1ccccc1. The molecule has 36 heavy (non-hydrogen) atoms. The van der Waals surface area contributed by atoms with Crippen LogP contribution in [0, 0.1) is 5.92 Å². The van der Waals surface area contributed by atoms with Crippen molar-refractivity contribution in [2.75, 3.05) is 38.8 Å². The van der Waals surface area contributed by atoms with Crippen LogP contribution in [0.5, 0.6) is 11.5 Å². The van der Waals surface area contributed by atoms with Crippen molar-refractivity contribution >= 4 is 23.4 Å². The summed E-state index contributed by atoms with van der Waals surface area (Å²) in [5, 5.41) is 3.13. The monoisotopic (exact) mass is 493 g/mol. The fraction of sp³-hybridized carbons (Fsp3) is 0.464. The van der Waals surface area contributed by atoms with E-state index >= 15 is 0 Å². The molecule has 2 atom stereocenters. The lowest BCUT2D eigenvalue weighted by atomic mass is 9.93. The number of nitrogens with one attached hydrogen (secondary N) is 1. The predicted molar refractivity (Wildman–Crippen MR) is 137 cm³/mol. The zero-order valence-corrected chi connectivity index (χ0v) is 21.2. The first kappa shape index (κ1) is 25.5. The number of amides is 3. The van der Waals surface area contributed by atoms with Crippen LogP contribution in [0.15, 0.2) is 48.5 Å². The average Bonchev–Trinajstić information content (AvgIpc) is 3.31. The topological polar surface area (TPSA) is 88.2 Å². The van der Waals surface area contributed by atoms with Gasteiger partial charge in [0.2, 0.25) is 17.7 Å². The predicted octanol–water partition coefficient (Wildman–Crippen LogP) is 3.36. The van der Waals surface area contributed by atoms with Crippen LogP contribution in [0.3, 0.4) is 0 Å². The summed E-state index contributed by atoms with van der Waals surface area (Å²) < 4.78 is 10.6. The molecular formula is C28H35N3O5. The van der Waals surface area contributed by atoms with Crippen molar-refractivity contribution in [2.24, 2.45) is 5.92 Å². The lowest BCUT2D eigenvalue weighted by molar-refractivity contribution is -0.134. The lowest BCUT2D eigenvalue weighted by Gasteiger charge is -2.35. The number of ether oxygens (including phenoxy) is 2. The molecule has 8 nitrogen and oxygen atoms in total. The fourth-order valence-electron chi connectivity index (χ4n) is 5.15. The molecule has 2 saturated heterocycles. The van der Waals surface area contributed by atoms with Gasteiger partial charge in [-0.05, 0) is 37.0 Å². The van der Waals surface area contributed by atoms with Gasteiger partial charge >= 0.3 is 0 Å². The van der Waals surface area contributed by atoms with Gasteiger partial charge in [-0.3, -0.25) is 14.4 Å². The van der Waals surface area contributed by atoms with Crippen molar-refractivity contribution < 1.29 is 23.9 Å². The molecule has 0 spiro atoms. The van der Waals surface area contributed by atoms with Gasteiger partial charge in [-0.25, -0.2) is 0 Å². The third kappa shape index (κ3) is 5.48. The molecule has 2 aliphatic heterocycles. The highest BCUT2D eigenvalue weighted by molar-refractivity contribution is 6.00. The normalized spacial score (nSPS) is 19.2. The Labute approximate surface area is 212 Å². The highest BCUT2D eigenvalue weighted by atomic mass is 16.5. The standard InChI is InChI=1S/C28H35N3O5/c1-4-23(19-8-6-5-7-9-19)28(34)30-14-12-21(13-15-30)29-27(33)20-16-26(32)31(18-20)22-10-11-24(35-2)25(17-22)36-3/h5-11,17,20-21,23H,4,12-16,18H2,1-3H3,(H,29,33). The number of likely N-dealkylation sites (tertiary alicyclic amines) is 1. The Morgan fingerprint density at radius 1 is 1.03 bits per heavy atom. The molecule has 2 fully saturated rings. The lowest BCUT2D eigenvalue weighted by Crippen LogP contribution is -2.49. The van der Waals surface area contributed by atoms with E-state index in [-0.39, 0.29) is 36.1 Å². The summed E-state index contributed by atoms with van der Waals surface area (Å²) in [5.74, 6) is 0.536. The number of nitrogens with zero attached hydrogens (tertiary/aromatic N) is 2. The number of rotatable bonds is 8. The zero-order chi connectivity index (χ0) is 25.7. The van der Waals surface area contributed by atoms with Gasteiger partial charge in [-0.2, -0.15) is 0 Å². The summed E-state index contributed by atoms with van der Waals surface area (Å²) in [4.78, 5) is 42.4. The smallest absolute Gasteiger partial charge is 0.230 e. The number of benzene rings is 2. The molecule has 1 N–H and O–H groups in total. The van der Waals surface area contributed by atoms with Gasteiger partial charge in [0.05, 0.1) is 26.1 Å². The maximum atomic E-state index is 13.1. The second-order valence-electron chi connectivity index (χ2n) is 9.42. The minimum absolute atomic E-state index is 0.00332. The summed E-state index contributed by atoms with van der Waals surface area (Å²) in [6.45, 7) is 3.60. The summed E-state index contributed by atoms with van der Waals surface area (Å²) in [7, 11) is 3.11. The van der Waals surface area contributed by atoms with E-state index in [1.54, 1.807) is 37.3 Å². The summed E-state index contributed by atoms with van der Waals surface area (Å²) in [6.07, 6.45) is 2.35. The van der Waals surface area contributed by atoms with Gasteiger partial charge in [-0.15, -0.1) is 0 Å². The van der Waals surface area contributed by atoms with Crippen molar-refractivity contribution in [3.05, 3.63) is 54.1 Å². The van der Waals surface area contributed by atoms with E-state index in [2.05, 4.69) is 5.32 Å². The molecule has 2 aliphatic rings. The Bertz CT molecular complexity index is 1080. The van der Waals surface area contributed by atoms with Gasteiger partial charge in [0.25, 0.3) is 0 Å². The molecule has 0 bridgehead atoms. The van der Waals surface area contributed by atoms with Crippen LogP contribution in [0.4, 0.5) is 5.69 Å². The summed E-state index contributed by atoms with van der Waals surface area (Å²) in [5.41, 5.74) is 1.73. The number of methoxy groups -OCH3 is 2. The number of hydrogen-bond donors (Lipinski definition) is 1. The maximum Gasteiger partial charge on any atom is 0.230 e. The van der Waals surface area contributed by atoms with E-state index in [0.29, 0.717) is 49.7 Å². The number of piperidine rings is 1. The van der Waals surface area contributed by atoms with Crippen molar-refractivity contribution in [1.29, 1.82) is 0 Å². The number of carbonyl (C=O) groups is 3. The van der Waals surface area contributed by atoms with E-state index in [1.807, 2.05) is 42.2 Å². The Morgan fingerprint density at radius 2 is 1.72 bits per heavy atom. The largest absolute Gasteiger partial charge is 0.493 e. The van der Waals surface area contributed by atoms with Crippen LogP contribution in [-0.4, -0.2) is 62.5 Å². The van der Waals surface area contributed by atoms with E-state index in [0.717, 1.165) is 12.0 Å². The maximum absolute atomic E-state index is 13.1. The van der Waals surface area contributed by atoms with Gasteiger partial charge in [-0.1, -0.05) is 37.3 Å². The highest BCUT2D eigenvalue weighted by Gasteiger charge is 2.37. The molecule has 2 aromatic rings. The molecule has 3 amide bonds. The molecular weight excluding hydrogens is 458 g/mol. The summed E-state index contributed by atoms with van der Waals surface area (Å²) in [6, 6.07) is 15.2. The second kappa shape index (κ2) is 11.5. The second-order valence-corrected chi connectivity index (χ2v) is 9.42. The van der Waals surface area contributed by atoms with Gasteiger partial charge in [0, 0.05) is 43.9 Å². The van der Waals surface area contributed by atoms with Crippen LogP contribution in [0.25, 0.3) is 0 Å². The first-order valence-electron chi connectivity index (χ1n) is 12.6. The molecule has 4 rings (SSSR count). The Balaban J connectivity index is 1.30. The van der Waals surface area contributed by atoms with Crippen molar-refractivity contribution in [3.8, 4) is 11.5 Å². The van der Waals surface area contributed by atoms with Crippen LogP contribution in [0.2, 0.25) is 0 Å². The van der Waals surface area contributed by atoms with Crippen LogP contribution in [0.1, 0.15) is 44.1 Å². The van der Waals surface area contributed by atoms with Crippen LogP contribution < -0.4 is 19.7 Å². The average molecular weight is 494 g/mol. The molecule has 8 heteroatoms. The van der Waals surface area contributed by atoms with E-state index in [9.17, 15) is 14.4 Å². The van der Waals surface area contributed by atoms with Gasteiger partial charge in [0.1, 0.15) is 0 Å².